The van der Waals surface area contributed by atoms with Crippen molar-refractivity contribution >= 4 is 11.9 Å². The van der Waals surface area contributed by atoms with Gasteiger partial charge in [-0.1, -0.05) is 12.1 Å². The van der Waals surface area contributed by atoms with Gasteiger partial charge in [0.15, 0.2) is 11.5 Å². The molecule has 7 heteroatoms. The first kappa shape index (κ1) is 12.2. The van der Waals surface area contributed by atoms with Gasteiger partial charge < -0.3 is 20.5 Å². The first-order chi connectivity index (χ1) is 8.66. The van der Waals surface area contributed by atoms with Crippen molar-refractivity contribution in [3.05, 3.63) is 23.8 Å². The molecule has 0 atom stereocenters. The van der Waals surface area contributed by atoms with Gasteiger partial charge in [0.1, 0.15) is 0 Å². The Balaban J connectivity index is 1.86. The van der Waals surface area contributed by atoms with E-state index < -0.39 is 11.9 Å². The van der Waals surface area contributed by atoms with E-state index in [9.17, 15) is 9.59 Å². The number of carbonyl (C=O) groups is 2. The number of para-hydroxylation sites is 1. The molecule has 1 heterocycles. The molecule has 0 unspecified atom stereocenters. The maximum Gasteiger partial charge on any atom is 0.318 e. The standard InChI is InChI=1S/C11H13N3O4/c12-11(16)14-9(15)5-13-4-7-2-1-3-8-10(7)18-6-17-8/h1-3,13H,4-6H2,(H3,12,14,15,16). The highest BCUT2D eigenvalue weighted by molar-refractivity contribution is 5.94. The SMILES string of the molecule is NC(=O)NC(=O)CNCc1cccc2c1OCO2. The van der Waals surface area contributed by atoms with E-state index in [0.29, 0.717) is 18.0 Å². The summed E-state index contributed by atoms with van der Waals surface area (Å²) in [5.41, 5.74) is 5.70. The molecule has 1 aliphatic rings. The van der Waals surface area contributed by atoms with Gasteiger partial charge in [0.2, 0.25) is 12.7 Å². The molecule has 0 radical (unpaired) electrons. The number of urea groups is 1. The Hall–Kier alpha value is -2.28. The zero-order valence-corrected chi connectivity index (χ0v) is 9.56. The van der Waals surface area contributed by atoms with Gasteiger partial charge in [-0.15, -0.1) is 0 Å². The molecule has 96 valence electrons. The van der Waals surface area contributed by atoms with Crippen LogP contribution in [0.3, 0.4) is 0 Å². The van der Waals surface area contributed by atoms with Gasteiger partial charge in [-0.05, 0) is 6.07 Å². The average molecular weight is 251 g/mol. The van der Waals surface area contributed by atoms with Crippen molar-refractivity contribution in [1.82, 2.24) is 10.6 Å². The van der Waals surface area contributed by atoms with E-state index in [1.807, 2.05) is 23.5 Å². The van der Waals surface area contributed by atoms with Crippen LogP contribution in [0.15, 0.2) is 18.2 Å². The number of primary amides is 1. The van der Waals surface area contributed by atoms with Crippen molar-refractivity contribution in [3.63, 3.8) is 0 Å². The fraction of sp³-hybridized carbons (Fsp3) is 0.273. The Kier molecular flexibility index (Phi) is 3.63. The molecule has 0 fully saturated rings. The van der Waals surface area contributed by atoms with Gasteiger partial charge in [-0.25, -0.2) is 4.79 Å². The molecule has 0 saturated heterocycles. The van der Waals surface area contributed by atoms with Gasteiger partial charge in [-0.2, -0.15) is 0 Å². The summed E-state index contributed by atoms with van der Waals surface area (Å²) in [5.74, 6) is 0.892. The number of carbonyl (C=O) groups excluding carboxylic acids is 2. The average Bonchev–Trinajstić information content (AvgIpc) is 2.76. The third-order valence-corrected chi connectivity index (χ3v) is 2.34. The van der Waals surface area contributed by atoms with Crippen LogP contribution in [0.2, 0.25) is 0 Å². The van der Waals surface area contributed by atoms with E-state index in [0.717, 1.165) is 5.56 Å². The van der Waals surface area contributed by atoms with Crippen LogP contribution in [0.25, 0.3) is 0 Å². The number of fused-ring (bicyclic) bond motifs is 1. The van der Waals surface area contributed by atoms with E-state index in [-0.39, 0.29) is 13.3 Å². The summed E-state index contributed by atoms with van der Waals surface area (Å²) in [6.45, 7) is 0.626. The Bertz CT molecular complexity index is 475. The van der Waals surface area contributed by atoms with Gasteiger partial charge in [0, 0.05) is 12.1 Å². The van der Waals surface area contributed by atoms with E-state index >= 15 is 0 Å². The highest BCUT2D eigenvalue weighted by Gasteiger charge is 2.16. The van der Waals surface area contributed by atoms with Crippen molar-refractivity contribution in [2.75, 3.05) is 13.3 Å². The summed E-state index contributed by atoms with van der Waals surface area (Å²) in [6.07, 6.45) is 0. The predicted octanol–water partition coefficient (Wildman–Crippen LogP) is -0.300. The van der Waals surface area contributed by atoms with Crippen molar-refractivity contribution < 1.29 is 19.1 Å². The van der Waals surface area contributed by atoms with E-state index in [4.69, 9.17) is 15.2 Å². The number of amides is 3. The lowest BCUT2D eigenvalue weighted by Crippen LogP contribution is -2.40. The van der Waals surface area contributed by atoms with Crippen molar-refractivity contribution in [3.8, 4) is 11.5 Å². The number of hydrogen-bond acceptors (Lipinski definition) is 5. The molecule has 3 amide bonds. The van der Waals surface area contributed by atoms with E-state index in [1.165, 1.54) is 0 Å². The summed E-state index contributed by atoms with van der Waals surface area (Å²) in [7, 11) is 0. The number of ether oxygens (including phenoxy) is 2. The van der Waals surface area contributed by atoms with Gasteiger partial charge in [0.05, 0.1) is 6.54 Å². The molecule has 0 saturated carbocycles. The molecule has 0 bridgehead atoms. The lowest BCUT2D eigenvalue weighted by molar-refractivity contribution is -0.119. The van der Waals surface area contributed by atoms with E-state index in [1.54, 1.807) is 0 Å². The normalized spacial score (nSPS) is 12.2. The molecular weight excluding hydrogens is 238 g/mol. The number of benzene rings is 1. The molecule has 18 heavy (non-hydrogen) atoms. The molecule has 7 nitrogen and oxygen atoms in total. The lowest BCUT2D eigenvalue weighted by Gasteiger charge is -2.07. The second kappa shape index (κ2) is 5.37. The fourth-order valence-electron chi connectivity index (χ4n) is 1.62. The molecular formula is C11H13N3O4. The molecule has 0 aromatic heterocycles. The summed E-state index contributed by atoms with van der Waals surface area (Å²) in [5, 5.41) is 4.84. The topological polar surface area (TPSA) is 103 Å². The number of rotatable bonds is 4. The van der Waals surface area contributed by atoms with Crippen LogP contribution in [-0.2, 0) is 11.3 Å². The predicted molar refractivity (Wildman–Crippen MR) is 62.0 cm³/mol. The Morgan fingerprint density at radius 2 is 2.17 bits per heavy atom. The number of nitrogens with one attached hydrogen (secondary N) is 2. The number of imide groups is 1. The molecule has 1 aromatic carbocycles. The Morgan fingerprint density at radius 3 is 2.94 bits per heavy atom. The van der Waals surface area contributed by atoms with Crippen LogP contribution >= 0.6 is 0 Å². The van der Waals surface area contributed by atoms with Gasteiger partial charge >= 0.3 is 6.03 Å². The molecule has 0 aliphatic carbocycles. The third kappa shape index (κ3) is 2.89. The van der Waals surface area contributed by atoms with Crippen LogP contribution in [0.5, 0.6) is 11.5 Å². The van der Waals surface area contributed by atoms with Gasteiger partial charge in [0.25, 0.3) is 0 Å². The zero-order chi connectivity index (χ0) is 13.0. The maximum absolute atomic E-state index is 11.1. The summed E-state index contributed by atoms with van der Waals surface area (Å²) in [4.78, 5) is 21.6. The summed E-state index contributed by atoms with van der Waals surface area (Å²) >= 11 is 0. The molecule has 2 rings (SSSR count). The van der Waals surface area contributed by atoms with Crippen LogP contribution in [0.4, 0.5) is 4.79 Å². The van der Waals surface area contributed by atoms with Crippen molar-refractivity contribution in [2.24, 2.45) is 5.73 Å². The third-order valence-electron chi connectivity index (χ3n) is 2.34. The molecule has 0 spiro atoms. The minimum absolute atomic E-state index is 0.00648. The molecule has 1 aliphatic heterocycles. The minimum atomic E-state index is -0.862. The fourth-order valence-corrected chi connectivity index (χ4v) is 1.62. The van der Waals surface area contributed by atoms with Crippen LogP contribution in [0, 0.1) is 0 Å². The van der Waals surface area contributed by atoms with Crippen LogP contribution < -0.4 is 25.8 Å². The monoisotopic (exact) mass is 251 g/mol. The highest BCUT2D eigenvalue weighted by Crippen LogP contribution is 2.34. The Labute approximate surface area is 103 Å². The second-order valence-corrected chi connectivity index (χ2v) is 3.67. The van der Waals surface area contributed by atoms with Gasteiger partial charge in [-0.3, -0.25) is 10.1 Å². The van der Waals surface area contributed by atoms with E-state index in [2.05, 4.69) is 5.32 Å². The smallest absolute Gasteiger partial charge is 0.318 e. The number of nitrogens with two attached hydrogens (primary N) is 1. The Morgan fingerprint density at radius 1 is 1.33 bits per heavy atom. The minimum Gasteiger partial charge on any atom is -0.454 e. The second-order valence-electron chi connectivity index (χ2n) is 3.67. The maximum atomic E-state index is 11.1. The molecule has 1 aromatic rings. The first-order valence-corrected chi connectivity index (χ1v) is 5.34. The van der Waals surface area contributed by atoms with Crippen molar-refractivity contribution in [1.29, 1.82) is 0 Å². The lowest BCUT2D eigenvalue weighted by atomic mass is 10.2. The van der Waals surface area contributed by atoms with Crippen LogP contribution in [-0.4, -0.2) is 25.3 Å². The van der Waals surface area contributed by atoms with Crippen molar-refractivity contribution in [2.45, 2.75) is 6.54 Å². The summed E-state index contributed by atoms with van der Waals surface area (Å²) in [6, 6.07) is 4.66. The van der Waals surface area contributed by atoms with Crippen LogP contribution in [0.1, 0.15) is 5.56 Å². The highest BCUT2D eigenvalue weighted by atomic mass is 16.7. The number of hydrogen-bond donors (Lipinski definition) is 3. The molecule has 4 N–H and O–H groups in total. The quantitative estimate of drug-likeness (QED) is 0.681. The zero-order valence-electron chi connectivity index (χ0n) is 9.56. The largest absolute Gasteiger partial charge is 0.454 e. The first-order valence-electron chi connectivity index (χ1n) is 5.34. The summed E-state index contributed by atoms with van der Waals surface area (Å²) < 4.78 is 10.5.